The normalized spacial score (nSPS) is 20.3. The summed E-state index contributed by atoms with van der Waals surface area (Å²) < 4.78 is 13.7. The number of aromatic nitrogens is 1. The molecule has 49 heavy (non-hydrogen) atoms. The van der Waals surface area contributed by atoms with E-state index < -0.39 is 36.4 Å². The van der Waals surface area contributed by atoms with Crippen LogP contribution < -0.4 is 5.32 Å². The number of amides is 1. The maximum Gasteiger partial charge on any atom is 0.426 e. The number of carbonyl (C=O) groups excluding carboxylic acids is 1. The molecule has 14 heteroatoms. The SMILES string of the molecule is CN(C)C1(c2ccccc2)CCC(CNC(=O)ON2CCC(c3c[nH]c4ccc(F)cc34)CC2)CC1.O=C(O)CC(O)(CC(=O)O)C(=O)O. The van der Waals surface area contributed by atoms with Crippen molar-refractivity contribution in [2.24, 2.45) is 5.92 Å². The van der Waals surface area contributed by atoms with Crippen LogP contribution in [0.1, 0.15) is 68.4 Å². The van der Waals surface area contributed by atoms with Crippen molar-refractivity contribution >= 4 is 34.9 Å². The van der Waals surface area contributed by atoms with E-state index in [1.807, 2.05) is 6.20 Å². The van der Waals surface area contributed by atoms with Crippen LogP contribution >= 0.6 is 0 Å². The second-order valence-corrected chi connectivity index (χ2v) is 13.1. The lowest BCUT2D eigenvalue weighted by molar-refractivity contribution is -0.170. The van der Waals surface area contributed by atoms with Gasteiger partial charge in [0, 0.05) is 42.3 Å². The van der Waals surface area contributed by atoms with Crippen LogP contribution in [0.15, 0.2) is 54.7 Å². The first-order valence-electron chi connectivity index (χ1n) is 16.3. The van der Waals surface area contributed by atoms with Crippen LogP contribution in [-0.4, -0.2) is 98.7 Å². The van der Waals surface area contributed by atoms with Gasteiger partial charge in [0.2, 0.25) is 0 Å². The number of aromatic amines is 1. The maximum atomic E-state index is 13.7. The first-order chi connectivity index (χ1) is 23.2. The first-order valence-corrected chi connectivity index (χ1v) is 16.3. The van der Waals surface area contributed by atoms with E-state index in [0.717, 1.165) is 55.0 Å². The molecule has 1 amide bonds. The zero-order chi connectivity index (χ0) is 35.8. The Morgan fingerprint density at radius 1 is 0.980 bits per heavy atom. The molecule has 3 aromatic rings. The van der Waals surface area contributed by atoms with E-state index in [1.165, 1.54) is 11.6 Å². The minimum absolute atomic E-state index is 0.0686. The molecule has 5 rings (SSSR count). The van der Waals surface area contributed by atoms with Crippen molar-refractivity contribution < 1.29 is 48.8 Å². The molecule has 0 radical (unpaired) electrons. The van der Waals surface area contributed by atoms with Gasteiger partial charge in [0.1, 0.15) is 5.82 Å². The number of aliphatic hydroxyl groups is 1. The number of carboxylic acid groups (broad SMARTS) is 3. The van der Waals surface area contributed by atoms with Gasteiger partial charge in [-0.05, 0) is 93.8 Å². The molecule has 0 spiro atoms. The molecular weight excluding hydrogens is 639 g/mol. The molecule has 0 unspecified atom stereocenters. The van der Waals surface area contributed by atoms with E-state index in [2.05, 4.69) is 59.6 Å². The number of nitrogens with zero attached hydrogens (tertiary/aromatic N) is 2. The zero-order valence-corrected chi connectivity index (χ0v) is 27.7. The minimum atomic E-state index is -2.74. The molecule has 2 heterocycles. The summed E-state index contributed by atoms with van der Waals surface area (Å²) in [6, 6.07) is 15.6. The van der Waals surface area contributed by atoms with Gasteiger partial charge in [0.15, 0.2) is 5.60 Å². The van der Waals surface area contributed by atoms with E-state index in [9.17, 15) is 23.6 Å². The fraction of sp³-hybridized carbons (Fsp3) is 0.486. The van der Waals surface area contributed by atoms with Gasteiger partial charge < -0.3 is 35.6 Å². The number of carbonyl (C=O) groups is 4. The molecule has 1 saturated carbocycles. The van der Waals surface area contributed by atoms with E-state index >= 15 is 0 Å². The van der Waals surface area contributed by atoms with Crippen molar-refractivity contribution in [3.05, 3.63) is 71.7 Å². The van der Waals surface area contributed by atoms with Crippen LogP contribution in [-0.2, 0) is 24.8 Å². The number of halogens is 1. The van der Waals surface area contributed by atoms with Crippen molar-refractivity contribution in [3.63, 3.8) is 0 Å². The number of rotatable bonds is 11. The summed E-state index contributed by atoms with van der Waals surface area (Å²) in [7, 11) is 4.34. The predicted molar refractivity (Wildman–Crippen MR) is 177 cm³/mol. The number of H-pyrrole nitrogens is 1. The standard InChI is InChI=1S/C29H37FN4O2.C6H8O7/c1-33(2)29(23-6-4-3-5-7-23)14-10-21(11-15-29)19-32-28(35)36-34-16-12-22(13-17-34)26-20-31-27-9-8-24(30)18-25(26)27;7-3(8)1-6(13,5(11)12)2-4(9)10/h3-9,18,20-22,31H,10-17,19H2,1-2H3,(H,32,35);13H,1-2H2,(H,7,8)(H,9,10)(H,11,12). The largest absolute Gasteiger partial charge is 0.481 e. The number of fused-ring (bicyclic) bond motifs is 1. The Labute approximate surface area is 283 Å². The third kappa shape index (κ3) is 9.55. The highest BCUT2D eigenvalue weighted by Crippen LogP contribution is 2.43. The van der Waals surface area contributed by atoms with Gasteiger partial charge in [-0.2, -0.15) is 0 Å². The molecule has 0 bridgehead atoms. The van der Waals surface area contributed by atoms with Gasteiger partial charge in [0.05, 0.1) is 12.8 Å². The average molecular weight is 685 g/mol. The number of hydroxylamine groups is 2. The van der Waals surface area contributed by atoms with Gasteiger partial charge >= 0.3 is 24.0 Å². The van der Waals surface area contributed by atoms with Gasteiger partial charge in [0.25, 0.3) is 0 Å². The van der Waals surface area contributed by atoms with E-state index in [4.69, 9.17) is 25.3 Å². The number of hydrogen-bond donors (Lipinski definition) is 6. The number of piperidine rings is 1. The number of aliphatic carboxylic acids is 3. The second-order valence-electron chi connectivity index (χ2n) is 13.1. The van der Waals surface area contributed by atoms with Gasteiger partial charge in [-0.25, -0.2) is 14.0 Å². The zero-order valence-electron chi connectivity index (χ0n) is 27.7. The van der Waals surface area contributed by atoms with E-state index in [-0.39, 0.29) is 17.4 Å². The van der Waals surface area contributed by atoms with Crippen LogP contribution in [0.2, 0.25) is 0 Å². The molecule has 13 nitrogen and oxygen atoms in total. The lowest BCUT2D eigenvalue weighted by atomic mass is 9.72. The topological polar surface area (TPSA) is 193 Å². The van der Waals surface area contributed by atoms with E-state index in [1.54, 1.807) is 17.2 Å². The Hall–Kier alpha value is -4.53. The Kier molecular flexibility index (Phi) is 12.4. The number of nitrogens with one attached hydrogen (secondary N) is 2. The molecule has 1 saturated heterocycles. The summed E-state index contributed by atoms with van der Waals surface area (Å²) in [6.45, 7) is 1.99. The average Bonchev–Trinajstić information content (AvgIpc) is 3.47. The maximum absolute atomic E-state index is 13.7. The van der Waals surface area contributed by atoms with Gasteiger partial charge in [-0.15, -0.1) is 5.06 Å². The van der Waals surface area contributed by atoms with Crippen LogP contribution in [0.25, 0.3) is 10.9 Å². The fourth-order valence-corrected chi connectivity index (χ4v) is 6.90. The highest BCUT2D eigenvalue weighted by molar-refractivity contribution is 5.88. The van der Waals surface area contributed by atoms with Crippen molar-refractivity contribution in [2.75, 3.05) is 33.7 Å². The molecule has 1 aliphatic carbocycles. The summed E-state index contributed by atoms with van der Waals surface area (Å²) in [4.78, 5) is 54.2. The van der Waals surface area contributed by atoms with E-state index in [0.29, 0.717) is 31.5 Å². The molecule has 6 N–H and O–H groups in total. The third-order valence-corrected chi connectivity index (χ3v) is 9.70. The minimum Gasteiger partial charge on any atom is -0.481 e. The Morgan fingerprint density at radius 3 is 2.14 bits per heavy atom. The third-order valence-electron chi connectivity index (χ3n) is 9.70. The summed E-state index contributed by atoms with van der Waals surface area (Å²) >= 11 is 0. The molecule has 0 atom stereocenters. The van der Waals surface area contributed by atoms with Gasteiger partial charge in [-0.1, -0.05) is 30.3 Å². The van der Waals surface area contributed by atoms with Crippen molar-refractivity contribution in [1.29, 1.82) is 0 Å². The molecule has 1 aromatic heterocycles. The summed E-state index contributed by atoms with van der Waals surface area (Å²) in [5.74, 6) is -4.45. The van der Waals surface area contributed by atoms with Gasteiger partial charge in [-0.3, -0.25) is 14.5 Å². The number of benzene rings is 2. The molecule has 1 aliphatic heterocycles. The lowest BCUT2D eigenvalue weighted by Crippen LogP contribution is -2.46. The smallest absolute Gasteiger partial charge is 0.426 e. The molecule has 2 aliphatic rings. The van der Waals surface area contributed by atoms with Crippen molar-refractivity contribution in [2.45, 2.75) is 68.4 Å². The summed E-state index contributed by atoms with van der Waals surface area (Å²) in [6.07, 6.45) is 5.38. The Balaban J connectivity index is 0.000000355. The number of carboxylic acids is 3. The second kappa shape index (κ2) is 16.2. The predicted octanol–water partition coefficient (Wildman–Crippen LogP) is 4.53. The molecule has 2 fully saturated rings. The summed E-state index contributed by atoms with van der Waals surface area (Å²) in [5.41, 5.74) is 0.813. The summed E-state index contributed by atoms with van der Waals surface area (Å²) in [5, 5.41) is 39.5. The van der Waals surface area contributed by atoms with Crippen molar-refractivity contribution in [1.82, 2.24) is 20.3 Å². The monoisotopic (exact) mass is 684 g/mol. The lowest BCUT2D eigenvalue weighted by Gasteiger charge is -2.45. The quantitative estimate of drug-likeness (QED) is 0.166. The highest BCUT2D eigenvalue weighted by Gasteiger charge is 2.41. The van der Waals surface area contributed by atoms with Crippen LogP contribution in [0.3, 0.4) is 0 Å². The van der Waals surface area contributed by atoms with Crippen LogP contribution in [0, 0.1) is 11.7 Å². The molecule has 2 aromatic carbocycles. The Bertz CT molecular complexity index is 1580. The molecular formula is C35H45FN4O9. The Morgan fingerprint density at radius 2 is 1.59 bits per heavy atom. The number of hydrogen-bond acceptors (Lipinski definition) is 8. The molecule has 266 valence electrons. The highest BCUT2D eigenvalue weighted by atomic mass is 19.1. The first kappa shape index (κ1) is 37.3. The van der Waals surface area contributed by atoms with Crippen molar-refractivity contribution in [3.8, 4) is 0 Å². The van der Waals surface area contributed by atoms with Crippen LogP contribution in [0.5, 0.6) is 0 Å². The van der Waals surface area contributed by atoms with Crippen LogP contribution in [0.4, 0.5) is 9.18 Å². The fourth-order valence-electron chi connectivity index (χ4n) is 6.90.